The highest BCUT2D eigenvalue weighted by molar-refractivity contribution is 6.30. The van der Waals surface area contributed by atoms with Crippen molar-refractivity contribution in [1.82, 2.24) is 10.2 Å². The normalized spacial score (nSPS) is 15.0. The van der Waals surface area contributed by atoms with Crippen LogP contribution in [0.15, 0.2) is 66.7 Å². The Morgan fingerprint density at radius 1 is 0.970 bits per heavy atom. The number of carbonyl (C=O) groups is 1. The Bertz CT molecular complexity index is 1330. The lowest BCUT2D eigenvalue weighted by atomic mass is 9.94. The number of aromatic amines is 1. The minimum Gasteiger partial charge on any atom is -0.497 e. The molecule has 1 atom stereocenters. The number of carbonyl (C=O) groups excluding carboxylic acids is 1. The number of fused-ring (bicyclic) bond motifs is 1. The average Bonchev–Trinajstić information content (AvgIpc) is 3.39. The molecule has 1 aliphatic heterocycles. The van der Waals surface area contributed by atoms with Crippen molar-refractivity contribution in [2.75, 3.05) is 19.1 Å². The third kappa shape index (κ3) is 3.52. The number of methoxy groups -OCH3 is 2. The summed E-state index contributed by atoms with van der Waals surface area (Å²) in [5.41, 5.74) is 5.57. The fourth-order valence-electron chi connectivity index (χ4n) is 4.29. The molecular formula is C26H22ClN3O3. The summed E-state index contributed by atoms with van der Waals surface area (Å²) in [5.74, 6) is 1.15. The van der Waals surface area contributed by atoms with Crippen molar-refractivity contribution >= 4 is 23.2 Å². The molecule has 1 aromatic heterocycles. The summed E-state index contributed by atoms with van der Waals surface area (Å²) in [6.07, 6.45) is 0. The van der Waals surface area contributed by atoms with Gasteiger partial charge in [-0.25, -0.2) is 0 Å². The Hall–Kier alpha value is -3.77. The zero-order valence-corrected chi connectivity index (χ0v) is 19.2. The lowest BCUT2D eigenvalue weighted by Crippen LogP contribution is -2.29. The number of nitrogens with zero attached hydrogens (tertiary/aromatic N) is 2. The zero-order valence-electron chi connectivity index (χ0n) is 18.4. The molecule has 3 aromatic carbocycles. The predicted octanol–water partition coefficient (Wildman–Crippen LogP) is 5.81. The van der Waals surface area contributed by atoms with E-state index in [4.69, 9.17) is 21.1 Å². The number of halogens is 1. The van der Waals surface area contributed by atoms with E-state index >= 15 is 0 Å². The van der Waals surface area contributed by atoms with E-state index in [2.05, 4.69) is 10.2 Å². The molecule has 0 spiro atoms. The SMILES string of the molecule is COc1ccc(OC)c([C@@H]2c3c(-c4ccc(C)cc4)n[nH]c3C(=O)N2c2ccc(Cl)cc2)c1. The summed E-state index contributed by atoms with van der Waals surface area (Å²) < 4.78 is 11.2. The molecule has 1 aliphatic rings. The van der Waals surface area contributed by atoms with Crippen LogP contribution in [0.25, 0.3) is 11.3 Å². The highest BCUT2D eigenvalue weighted by Crippen LogP contribution is 2.48. The lowest BCUT2D eigenvalue weighted by Gasteiger charge is -2.28. The maximum absolute atomic E-state index is 13.7. The number of rotatable bonds is 5. The van der Waals surface area contributed by atoms with E-state index in [1.54, 1.807) is 31.3 Å². The second-order valence-corrected chi connectivity index (χ2v) is 8.33. The van der Waals surface area contributed by atoms with Crippen LogP contribution in [0.5, 0.6) is 11.5 Å². The third-order valence-electron chi connectivity index (χ3n) is 5.93. The Kier molecular flexibility index (Phi) is 5.30. The fourth-order valence-corrected chi connectivity index (χ4v) is 4.42. The number of anilines is 1. The maximum atomic E-state index is 13.7. The van der Waals surface area contributed by atoms with Gasteiger partial charge in [0, 0.05) is 27.4 Å². The molecule has 0 fully saturated rings. The van der Waals surface area contributed by atoms with Crippen molar-refractivity contribution in [1.29, 1.82) is 0 Å². The molecule has 0 bridgehead atoms. The van der Waals surface area contributed by atoms with Gasteiger partial charge >= 0.3 is 0 Å². The minimum atomic E-state index is -0.478. The van der Waals surface area contributed by atoms with Crippen LogP contribution in [-0.2, 0) is 0 Å². The van der Waals surface area contributed by atoms with Crippen molar-refractivity contribution in [2.24, 2.45) is 0 Å². The average molecular weight is 460 g/mol. The van der Waals surface area contributed by atoms with Crippen LogP contribution in [0.3, 0.4) is 0 Å². The number of nitrogens with one attached hydrogen (secondary N) is 1. The fraction of sp³-hybridized carbons (Fsp3) is 0.154. The van der Waals surface area contributed by atoms with Gasteiger partial charge in [0.2, 0.25) is 0 Å². The smallest absolute Gasteiger partial charge is 0.277 e. The molecule has 0 saturated heterocycles. The number of ether oxygens (including phenoxy) is 2. The Morgan fingerprint density at radius 3 is 2.36 bits per heavy atom. The van der Waals surface area contributed by atoms with Crippen molar-refractivity contribution in [3.05, 3.63) is 94.1 Å². The van der Waals surface area contributed by atoms with Gasteiger partial charge in [0.25, 0.3) is 5.91 Å². The standard InChI is InChI=1S/C26H22ClN3O3/c1-15-4-6-16(7-5-15)23-22-24(29-28-23)26(31)30(18-10-8-17(27)9-11-18)25(22)20-14-19(32-2)12-13-21(20)33-3/h4-14,25H,1-3H3,(H,28,29)/t25-/m1/s1. The molecule has 0 aliphatic carbocycles. The number of aromatic nitrogens is 2. The Labute approximate surface area is 196 Å². The summed E-state index contributed by atoms with van der Waals surface area (Å²) in [6, 6.07) is 20.4. The van der Waals surface area contributed by atoms with Crippen LogP contribution in [-0.4, -0.2) is 30.3 Å². The summed E-state index contributed by atoms with van der Waals surface area (Å²) in [7, 11) is 3.23. The molecule has 166 valence electrons. The van der Waals surface area contributed by atoms with Gasteiger partial charge < -0.3 is 9.47 Å². The summed E-state index contributed by atoms with van der Waals surface area (Å²) in [4.78, 5) is 15.4. The molecule has 7 heteroatoms. The van der Waals surface area contributed by atoms with Crippen LogP contribution in [0, 0.1) is 6.92 Å². The molecule has 1 N–H and O–H groups in total. The zero-order chi connectivity index (χ0) is 23.1. The second kappa shape index (κ2) is 8.30. The molecule has 5 rings (SSSR count). The molecule has 0 radical (unpaired) electrons. The van der Waals surface area contributed by atoms with Crippen LogP contribution < -0.4 is 14.4 Å². The van der Waals surface area contributed by atoms with Crippen molar-refractivity contribution < 1.29 is 14.3 Å². The third-order valence-corrected chi connectivity index (χ3v) is 6.18. The number of H-pyrrole nitrogens is 1. The van der Waals surface area contributed by atoms with Gasteiger partial charge in [0.15, 0.2) is 0 Å². The van der Waals surface area contributed by atoms with Crippen LogP contribution in [0.2, 0.25) is 5.02 Å². The van der Waals surface area contributed by atoms with Gasteiger partial charge in [0.05, 0.1) is 26.0 Å². The van der Waals surface area contributed by atoms with Gasteiger partial charge in [-0.3, -0.25) is 14.8 Å². The van der Waals surface area contributed by atoms with Crippen molar-refractivity contribution in [3.63, 3.8) is 0 Å². The van der Waals surface area contributed by atoms with Crippen LogP contribution in [0.4, 0.5) is 5.69 Å². The summed E-state index contributed by atoms with van der Waals surface area (Å²) >= 11 is 6.13. The van der Waals surface area contributed by atoms with E-state index < -0.39 is 6.04 Å². The van der Waals surface area contributed by atoms with Gasteiger partial charge in [-0.2, -0.15) is 5.10 Å². The van der Waals surface area contributed by atoms with E-state index in [1.807, 2.05) is 61.5 Å². The minimum absolute atomic E-state index is 0.173. The Morgan fingerprint density at radius 2 is 1.70 bits per heavy atom. The van der Waals surface area contributed by atoms with Crippen molar-refractivity contribution in [2.45, 2.75) is 13.0 Å². The highest BCUT2D eigenvalue weighted by Gasteiger charge is 2.44. The molecule has 6 nitrogen and oxygen atoms in total. The first kappa shape index (κ1) is 21.1. The van der Waals surface area contributed by atoms with Crippen LogP contribution >= 0.6 is 11.6 Å². The number of amides is 1. The maximum Gasteiger partial charge on any atom is 0.277 e. The predicted molar refractivity (Wildman–Crippen MR) is 128 cm³/mol. The monoisotopic (exact) mass is 459 g/mol. The van der Waals surface area contributed by atoms with E-state index in [0.29, 0.717) is 22.2 Å². The van der Waals surface area contributed by atoms with Gasteiger partial charge in [-0.05, 0) is 49.4 Å². The van der Waals surface area contributed by atoms with E-state index in [9.17, 15) is 4.79 Å². The quantitative estimate of drug-likeness (QED) is 0.409. The topological polar surface area (TPSA) is 67.5 Å². The van der Waals surface area contributed by atoms with Gasteiger partial charge in [0.1, 0.15) is 17.2 Å². The number of hydrogen-bond acceptors (Lipinski definition) is 4. The first-order valence-corrected chi connectivity index (χ1v) is 10.9. The molecule has 2 heterocycles. The van der Waals surface area contributed by atoms with E-state index in [-0.39, 0.29) is 5.91 Å². The molecular weight excluding hydrogens is 438 g/mol. The number of benzene rings is 3. The number of hydrogen-bond donors (Lipinski definition) is 1. The second-order valence-electron chi connectivity index (χ2n) is 7.89. The first-order valence-electron chi connectivity index (χ1n) is 10.5. The largest absolute Gasteiger partial charge is 0.497 e. The molecule has 0 saturated carbocycles. The van der Waals surface area contributed by atoms with Crippen LogP contribution in [0.1, 0.15) is 33.2 Å². The number of aryl methyl sites for hydroxylation is 1. The van der Waals surface area contributed by atoms with E-state index in [1.165, 1.54) is 0 Å². The Balaban J connectivity index is 1.76. The molecule has 1 amide bonds. The summed E-state index contributed by atoms with van der Waals surface area (Å²) in [5, 5.41) is 8.12. The summed E-state index contributed by atoms with van der Waals surface area (Å²) in [6.45, 7) is 2.04. The highest BCUT2D eigenvalue weighted by atomic mass is 35.5. The van der Waals surface area contributed by atoms with Gasteiger partial charge in [-0.15, -0.1) is 0 Å². The van der Waals surface area contributed by atoms with Gasteiger partial charge in [-0.1, -0.05) is 41.4 Å². The molecule has 4 aromatic rings. The van der Waals surface area contributed by atoms with E-state index in [0.717, 1.165) is 33.6 Å². The lowest BCUT2D eigenvalue weighted by molar-refractivity contribution is 0.0988. The first-order chi connectivity index (χ1) is 16.0. The molecule has 33 heavy (non-hydrogen) atoms. The van der Waals surface area contributed by atoms with Crippen molar-refractivity contribution in [3.8, 4) is 22.8 Å². The molecule has 0 unspecified atom stereocenters.